The van der Waals surface area contributed by atoms with Gasteiger partial charge in [0.1, 0.15) is 0 Å². The number of allylic oxidation sites excluding steroid dienone is 1. The fourth-order valence-corrected chi connectivity index (χ4v) is 2.50. The highest BCUT2D eigenvalue weighted by Crippen LogP contribution is 2.14. The average molecular weight is 314 g/mol. The van der Waals surface area contributed by atoms with Crippen LogP contribution >= 0.6 is 0 Å². The summed E-state index contributed by atoms with van der Waals surface area (Å²) < 4.78 is 0. The van der Waals surface area contributed by atoms with Gasteiger partial charge >= 0.3 is 5.97 Å². The maximum Gasteiger partial charge on any atom is 0.327 e. The molecule has 0 aromatic heterocycles. The van der Waals surface area contributed by atoms with E-state index in [1.54, 1.807) is 6.08 Å². The number of carboxylic acid groups (broad SMARTS) is 1. The predicted molar refractivity (Wildman–Crippen MR) is 89.9 cm³/mol. The van der Waals surface area contributed by atoms with Gasteiger partial charge in [-0.2, -0.15) is 0 Å². The van der Waals surface area contributed by atoms with Gasteiger partial charge < -0.3 is 15.3 Å². The Hall–Kier alpha value is -0.870. The second kappa shape index (κ2) is 15.0. The number of aliphatic hydroxyl groups is 2. The van der Waals surface area contributed by atoms with Crippen LogP contribution in [0.15, 0.2) is 12.2 Å². The van der Waals surface area contributed by atoms with Crippen LogP contribution in [0.4, 0.5) is 0 Å². The molecule has 0 radical (unpaired) electrons. The fraction of sp³-hybridized carbons (Fsp3) is 0.833. The molecule has 2 atom stereocenters. The van der Waals surface area contributed by atoms with Crippen LogP contribution in [0.1, 0.15) is 84.0 Å². The maximum atomic E-state index is 10.3. The topological polar surface area (TPSA) is 77.8 Å². The second-order valence-electron chi connectivity index (χ2n) is 6.07. The molecule has 0 aromatic rings. The first-order chi connectivity index (χ1) is 10.6. The SMILES string of the molecule is CCCCCC(O)C(O)CCCCCCCC/C=C/C(=O)O. The number of hydrogen-bond donors (Lipinski definition) is 3. The summed E-state index contributed by atoms with van der Waals surface area (Å²) >= 11 is 0. The standard InChI is InChI=1S/C18H34O4/c1-2-3-10-13-16(19)17(20)14-11-8-6-4-5-7-9-12-15-18(21)22/h12,15-17,19-20H,2-11,13-14H2,1H3,(H,21,22)/b15-12+. The highest BCUT2D eigenvalue weighted by atomic mass is 16.4. The van der Waals surface area contributed by atoms with E-state index in [0.29, 0.717) is 12.8 Å². The third-order valence-electron chi connectivity index (χ3n) is 3.93. The molecule has 0 amide bonds. The first kappa shape index (κ1) is 21.1. The third-order valence-corrected chi connectivity index (χ3v) is 3.93. The van der Waals surface area contributed by atoms with Crippen molar-refractivity contribution in [1.29, 1.82) is 0 Å². The molecule has 0 fully saturated rings. The van der Waals surface area contributed by atoms with E-state index in [1.165, 1.54) is 6.08 Å². The van der Waals surface area contributed by atoms with Crippen molar-refractivity contribution in [3.05, 3.63) is 12.2 Å². The van der Waals surface area contributed by atoms with Crippen LogP contribution in [0, 0.1) is 0 Å². The predicted octanol–water partition coefficient (Wildman–Crippen LogP) is 4.05. The van der Waals surface area contributed by atoms with Gasteiger partial charge in [-0.05, 0) is 25.7 Å². The molecular formula is C18H34O4. The summed E-state index contributed by atoms with van der Waals surface area (Å²) in [4.78, 5) is 10.3. The first-order valence-corrected chi connectivity index (χ1v) is 8.83. The van der Waals surface area contributed by atoms with Crippen LogP contribution < -0.4 is 0 Å². The summed E-state index contributed by atoms with van der Waals surface area (Å²) in [6, 6.07) is 0. The number of carboxylic acids is 1. The molecule has 0 aromatic carbocycles. The van der Waals surface area contributed by atoms with E-state index in [1.807, 2.05) is 0 Å². The van der Waals surface area contributed by atoms with Gasteiger partial charge in [0, 0.05) is 6.08 Å². The van der Waals surface area contributed by atoms with Crippen LogP contribution in [-0.4, -0.2) is 33.5 Å². The second-order valence-corrected chi connectivity index (χ2v) is 6.07. The van der Waals surface area contributed by atoms with E-state index < -0.39 is 18.2 Å². The number of carbonyl (C=O) groups is 1. The zero-order chi connectivity index (χ0) is 16.6. The zero-order valence-corrected chi connectivity index (χ0v) is 14.0. The summed E-state index contributed by atoms with van der Waals surface area (Å²) in [5, 5.41) is 28.1. The Labute approximate surface area is 135 Å². The highest BCUT2D eigenvalue weighted by molar-refractivity contribution is 5.79. The maximum absolute atomic E-state index is 10.3. The van der Waals surface area contributed by atoms with E-state index in [0.717, 1.165) is 64.2 Å². The molecular weight excluding hydrogens is 280 g/mol. The highest BCUT2D eigenvalue weighted by Gasteiger charge is 2.14. The summed E-state index contributed by atoms with van der Waals surface area (Å²) in [5.41, 5.74) is 0. The lowest BCUT2D eigenvalue weighted by Crippen LogP contribution is -2.25. The van der Waals surface area contributed by atoms with Gasteiger partial charge in [-0.3, -0.25) is 0 Å². The molecule has 0 aliphatic rings. The van der Waals surface area contributed by atoms with Gasteiger partial charge in [-0.1, -0.05) is 64.4 Å². The number of aliphatic hydroxyl groups excluding tert-OH is 2. The van der Waals surface area contributed by atoms with Crippen molar-refractivity contribution >= 4 is 5.97 Å². The van der Waals surface area contributed by atoms with Crippen LogP contribution in [0.25, 0.3) is 0 Å². The lowest BCUT2D eigenvalue weighted by atomic mass is 10.0. The monoisotopic (exact) mass is 314 g/mol. The third kappa shape index (κ3) is 14.1. The van der Waals surface area contributed by atoms with E-state index in [-0.39, 0.29) is 0 Å². The Morgan fingerprint density at radius 3 is 1.91 bits per heavy atom. The molecule has 0 aliphatic heterocycles. The Bertz CT molecular complexity index is 289. The van der Waals surface area contributed by atoms with Crippen molar-refractivity contribution in [3.8, 4) is 0 Å². The first-order valence-electron chi connectivity index (χ1n) is 8.83. The Balaban J connectivity index is 3.36. The summed E-state index contributed by atoms with van der Waals surface area (Å²) in [6.45, 7) is 2.13. The summed E-state index contributed by atoms with van der Waals surface area (Å²) in [5.74, 6) is -0.879. The largest absolute Gasteiger partial charge is 0.478 e. The number of hydrogen-bond acceptors (Lipinski definition) is 3. The molecule has 0 aliphatic carbocycles. The zero-order valence-electron chi connectivity index (χ0n) is 14.0. The summed E-state index contributed by atoms with van der Waals surface area (Å²) in [6.07, 6.45) is 13.7. The van der Waals surface area contributed by atoms with Crippen molar-refractivity contribution in [1.82, 2.24) is 0 Å². The molecule has 0 heterocycles. The minimum atomic E-state index is -0.879. The van der Waals surface area contributed by atoms with E-state index in [4.69, 9.17) is 5.11 Å². The number of unbranched alkanes of at least 4 members (excludes halogenated alkanes) is 8. The van der Waals surface area contributed by atoms with Gasteiger partial charge in [0.2, 0.25) is 0 Å². The van der Waals surface area contributed by atoms with Crippen molar-refractivity contribution < 1.29 is 20.1 Å². The average Bonchev–Trinajstić information content (AvgIpc) is 2.48. The van der Waals surface area contributed by atoms with Gasteiger partial charge in [-0.25, -0.2) is 4.79 Å². The molecule has 0 rings (SSSR count). The smallest absolute Gasteiger partial charge is 0.327 e. The van der Waals surface area contributed by atoms with E-state index in [2.05, 4.69) is 6.92 Å². The molecule has 2 unspecified atom stereocenters. The number of aliphatic carboxylic acids is 1. The molecule has 0 saturated carbocycles. The Morgan fingerprint density at radius 2 is 1.36 bits per heavy atom. The van der Waals surface area contributed by atoms with Crippen LogP contribution in [0.5, 0.6) is 0 Å². The van der Waals surface area contributed by atoms with E-state index >= 15 is 0 Å². The Kier molecular flexibility index (Phi) is 14.4. The van der Waals surface area contributed by atoms with Crippen molar-refractivity contribution in [2.75, 3.05) is 0 Å². The molecule has 4 nitrogen and oxygen atoms in total. The minimum absolute atomic E-state index is 0.562. The quantitative estimate of drug-likeness (QED) is 0.315. The van der Waals surface area contributed by atoms with Crippen LogP contribution in [0.2, 0.25) is 0 Å². The molecule has 0 spiro atoms. The van der Waals surface area contributed by atoms with Gasteiger partial charge in [0.15, 0.2) is 0 Å². The fourth-order valence-electron chi connectivity index (χ4n) is 2.50. The van der Waals surface area contributed by atoms with Crippen LogP contribution in [-0.2, 0) is 4.79 Å². The van der Waals surface area contributed by atoms with Crippen molar-refractivity contribution in [3.63, 3.8) is 0 Å². The lowest BCUT2D eigenvalue weighted by molar-refractivity contribution is -0.131. The molecule has 130 valence electrons. The van der Waals surface area contributed by atoms with Gasteiger partial charge in [-0.15, -0.1) is 0 Å². The molecule has 0 bridgehead atoms. The van der Waals surface area contributed by atoms with Crippen molar-refractivity contribution in [2.45, 2.75) is 96.2 Å². The molecule has 0 saturated heterocycles. The lowest BCUT2D eigenvalue weighted by Gasteiger charge is -2.17. The number of rotatable bonds is 15. The molecule has 22 heavy (non-hydrogen) atoms. The Morgan fingerprint density at radius 1 is 0.864 bits per heavy atom. The van der Waals surface area contributed by atoms with Gasteiger partial charge in [0.25, 0.3) is 0 Å². The molecule has 4 heteroatoms. The minimum Gasteiger partial charge on any atom is -0.478 e. The molecule has 3 N–H and O–H groups in total. The van der Waals surface area contributed by atoms with Crippen LogP contribution in [0.3, 0.4) is 0 Å². The normalized spacial score (nSPS) is 14.3. The van der Waals surface area contributed by atoms with Crippen molar-refractivity contribution in [2.24, 2.45) is 0 Å². The summed E-state index contributed by atoms with van der Waals surface area (Å²) in [7, 11) is 0. The van der Waals surface area contributed by atoms with E-state index in [9.17, 15) is 15.0 Å². The van der Waals surface area contributed by atoms with Gasteiger partial charge in [0.05, 0.1) is 12.2 Å².